The molecule has 1 fully saturated rings. The first kappa shape index (κ1) is 17.7. The number of rotatable bonds is 8. The van der Waals surface area contributed by atoms with Crippen molar-refractivity contribution in [3.05, 3.63) is 35.4 Å². The second kappa shape index (κ2) is 10.2. The van der Waals surface area contributed by atoms with Crippen molar-refractivity contribution in [1.82, 2.24) is 15.5 Å². The summed E-state index contributed by atoms with van der Waals surface area (Å²) in [4.78, 5) is 14.2. The molecule has 1 aliphatic heterocycles. The normalized spacial score (nSPS) is 15.3. The Morgan fingerprint density at radius 3 is 2.70 bits per heavy atom. The number of urea groups is 1. The largest absolute Gasteiger partial charge is 0.380 e. The molecule has 0 saturated carbocycles. The van der Waals surface area contributed by atoms with Crippen molar-refractivity contribution in [3.8, 4) is 0 Å². The minimum Gasteiger partial charge on any atom is -0.380 e. The van der Waals surface area contributed by atoms with Gasteiger partial charge >= 0.3 is 6.03 Å². The molecule has 6 heteroatoms. The Morgan fingerprint density at radius 1 is 1.22 bits per heavy atom. The quantitative estimate of drug-likeness (QED) is 0.710. The molecule has 1 aromatic carbocycles. The number of carbonyl (C=O) groups excluding carboxylic acids is 1. The molecule has 0 atom stereocenters. The minimum absolute atomic E-state index is 0.126. The molecule has 0 spiro atoms. The Labute approximate surface area is 138 Å². The van der Waals surface area contributed by atoms with E-state index >= 15 is 0 Å². The minimum atomic E-state index is -0.126. The smallest absolute Gasteiger partial charge is 0.315 e. The van der Waals surface area contributed by atoms with E-state index in [1.807, 2.05) is 24.3 Å². The molecule has 2 amide bonds. The van der Waals surface area contributed by atoms with Crippen molar-refractivity contribution in [2.45, 2.75) is 19.6 Å². The van der Waals surface area contributed by atoms with Crippen LogP contribution in [-0.4, -0.2) is 57.4 Å². The summed E-state index contributed by atoms with van der Waals surface area (Å²) in [6.45, 7) is 6.35. The number of hydrogen-bond acceptors (Lipinski definition) is 4. The number of ether oxygens (including phenoxy) is 2. The van der Waals surface area contributed by atoms with Gasteiger partial charge in [0.2, 0.25) is 0 Å². The SMILES string of the molecule is COCc1ccccc1CNC(=O)NCCCN1CCOCC1. The summed E-state index contributed by atoms with van der Waals surface area (Å²) >= 11 is 0. The van der Waals surface area contributed by atoms with E-state index < -0.39 is 0 Å². The van der Waals surface area contributed by atoms with Crippen LogP contribution in [0.25, 0.3) is 0 Å². The number of benzene rings is 1. The van der Waals surface area contributed by atoms with Crippen molar-refractivity contribution in [2.75, 3.05) is 46.5 Å². The summed E-state index contributed by atoms with van der Waals surface area (Å²) in [6, 6.07) is 7.84. The molecule has 0 unspecified atom stereocenters. The van der Waals surface area contributed by atoms with Crippen molar-refractivity contribution < 1.29 is 14.3 Å². The van der Waals surface area contributed by atoms with Gasteiger partial charge in [-0.15, -0.1) is 0 Å². The Balaban J connectivity index is 1.61. The number of nitrogens with zero attached hydrogens (tertiary/aromatic N) is 1. The van der Waals surface area contributed by atoms with Gasteiger partial charge in [-0.1, -0.05) is 24.3 Å². The lowest BCUT2D eigenvalue weighted by Crippen LogP contribution is -2.39. The number of morpholine rings is 1. The molecule has 0 aromatic heterocycles. The van der Waals surface area contributed by atoms with Gasteiger partial charge in [0.25, 0.3) is 0 Å². The van der Waals surface area contributed by atoms with Crippen molar-refractivity contribution in [2.24, 2.45) is 0 Å². The number of nitrogens with one attached hydrogen (secondary N) is 2. The molecule has 1 aromatic rings. The van der Waals surface area contributed by atoms with Crippen molar-refractivity contribution in [3.63, 3.8) is 0 Å². The molecule has 0 bridgehead atoms. The number of amides is 2. The Bertz CT molecular complexity index is 476. The monoisotopic (exact) mass is 321 g/mol. The fourth-order valence-electron chi connectivity index (χ4n) is 2.59. The summed E-state index contributed by atoms with van der Waals surface area (Å²) in [6.07, 6.45) is 0.952. The highest BCUT2D eigenvalue weighted by Gasteiger charge is 2.09. The van der Waals surface area contributed by atoms with Crippen LogP contribution in [0.5, 0.6) is 0 Å². The maximum Gasteiger partial charge on any atom is 0.315 e. The van der Waals surface area contributed by atoms with Gasteiger partial charge in [0.05, 0.1) is 19.8 Å². The lowest BCUT2D eigenvalue weighted by Gasteiger charge is -2.26. The van der Waals surface area contributed by atoms with Gasteiger partial charge < -0.3 is 20.1 Å². The molecule has 1 aliphatic rings. The second-order valence-corrected chi connectivity index (χ2v) is 5.62. The molecule has 1 heterocycles. The molecule has 128 valence electrons. The van der Waals surface area contributed by atoms with Crippen LogP contribution in [0.3, 0.4) is 0 Å². The van der Waals surface area contributed by atoms with E-state index in [1.165, 1.54) is 0 Å². The maximum atomic E-state index is 11.8. The van der Waals surface area contributed by atoms with E-state index in [4.69, 9.17) is 9.47 Å². The molecule has 1 saturated heterocycles. The van der Waals surface area contributed by atoms with Gasteiger partial charge in [0, 0.05) is 33.3 Å². The van der Waals surface area contributed by atoms with Crippen LogP contribution in [0, 0.1) is 0 Å². The summed E-state index contributed by atoms with van der Waals surface area (Å²) in [7, 11) is 1.67. The number of carbonyl (C=O) groups is 1. The Hall–Kier alpha value is -1.63. The first-order valence-corrected chi connectivity index (χ1v) is 8.17. The highest BCUT2D eigenvalue weighted by atomic mass is 16.5. The fraction of sp³-hybridized carbons (Fsp3) is 0.588. The zero-order valence-corrected chi connectivity index (χ0v) is 13.8. The number of hydrogen-bond donors (Lipinski definition) is 2. The van der Waals surface area contributed by atoms with Gasteiger partial charge in [-0.3, -0.25) is 4.90 Å². The molecular formula is C17H27N3O3. The summed E-state index contributed by atoms with van der Waals surface area (Å²) < 4.78 is 10.5. The molecule has 2 N–H and O–H groups in total. The van der Waals surface area contributed by atoms with E-state index in [1.54, 1.807) is 7.11 Å². The third kappa shape index (κ3) is 6.56. The lowest BCUT2D eigenvalue weighted by molar-refractivity contribution is 0.0375. The van der Waals surface area contributed by atoms with Gasteiger partial charge in [0.15, 0.2) is 0 Å². The second-order valence-electron chi connectivity index (χ2n) is 5.62. The Kier molecular flexibility index (Phi) is 7.86. The predicted molar refractivity (Wildman–Crippen MR) is 89.3 cm³/mol. The summed E-state index contributed by atoms with van der Waals surface area (Å²) in [5.74, 6) is 0. The fourth-order valence-corrected chi connectivity index (χ4v) is 2.59. The summed E-state index contributed by atoms with van der Waals surface area (Å²) in [5, 5.41) is 5.80. The van der Waals surface area contributed by atoms with E-state index in [0.29, 0.717) is 19.7 Å². The molecule has 0 radical (unpaired) electrons. The standard InChI is InChI=1S/C17H27N3O3/c1-22-14-16-6-3-2-5-15(16)13-19-17(21)18-7-4-8-20-9-11-23-12-10-20/h2-3,5-6H,4,7-14H2,1H3,(H2,18,19,21). The van der Waals surface area contributed by atoms with Crippen molar-refractivity contribution >= 4 is 6.03 Å². The molecular weight excluding hydrogens is 294 g/mol. The average molecular weight is 321 g/mol. The third-order valence-electron chi connectivity index (χ3n) is 3.90. The van der Waals surface area contributed by atoms with Crippen molar-refractivity contribution in [1.29, 1.82) is 0 Å². The third-order valence-corrected chi connectivity index (χ3v) is 3.90. The van der Waals surface area contributed by atoms with Crippen LogP contribution in [0.15, 0.2) is 24.3 Å². The lowest BCUT2D eigenvalue weighted by atomic mass is 10.1. The molecule has 6 nitrogen and oxygen atoms in total. The first-order valence-electron chi connectivity index (χ1n) is 8.17. The first-order chi connectivity index (χ1) is 11.3. The van der Waals surface area contributed by atoms with Gasteiger partial charge in [-0.05, 0) is 24.1 Å². The van der Waals surface area contributed by atoms with Crippen LogP contribution >= 0.6 is 0 Å². The van der Waals surface area contributed by atoms with E-state index in [0.717, 1.165) is 50.4 Å². The molecule has 23 heavy (non-hydrogen) atoms. The number of methoxy groups -OCH3 is 1. The molecule has 2 rings (SSSR count). The topological polar surface area (TPSA) is 62.8 Å². The highest BCUT2D eigenvalue weighted by molar-refractivity contribution is 5.73. The maximum absolute atomic E-state index is 11.8. The van der Waals surface area contributed by atoms with E-state index in [-0.39, 0.29) is 6.03 Å². The highest BCUT2D eigenvalue weighted by Crippen LogP contribution is 2.09. The zero-order valence-electron chi connectivity index (χ0n) is 13.8. The van der Waals surface area contributed by atoms with Crippen LogP contribution in [0.4, 0.5) is 4.79 Å². The van der Waals surface area contributed by atoms with E-state index in [9.17, 15) is 4.79 Å². The summed E-state index contributed by atoms with van der Waals surface area (Å²) in [5.41, 5.74) is 2.18. The Morgan fingerprint density at radius 2 is 1.96 bits per heavy atom. The van der Waals surface area contributed by atoms with Gasteiger partial charge in [-0.2, -0.15) is 0 Å². The van der Waals surface area contributed by atoms with Gasteiger partial charge in [-0.25, -0.2) is 4.79 Å². The van der Waals surface area contributed by atoms with Crippen LogP contribution in [0.2, 0.25) is 0 Å². The predicted octanol–water partition coefficient (Wildman–Crippen LogP) is 1.35. The zero-order chi connectivity index (χ0) is 16.3. The van der Waals surface area contributed by atoms with Crippen LogP contribution < -0.4 is 10.6 Å². The van der Waals surface area contributed by atoms with Crippen LogP contribution in [0.1, 0.15) is 17.5 Å². The molecule has 0 aliphatic carbocycles. The van der Waals surface area contributed by atoms with Gasteiger partial charge in [0.1, 0.15) is 0 Å². The van der Waals surface area contributed by atoms with Crippen LogP contribution in [-0.2, 0) is 22.6 Å². The average Bonchev–Trinajstić information content (AvgIpc) is 2.59. The van der Waals surface area contributed by atoms with E-state index in [2.05, 4.69) is 15.5 Å².